The minimum atomic E-state index is -0.437. The number of nitrogens with zero attached hydrogens (tertiary/aromatic N) is 2. The van der Waals surface area contributed by atoms with Gasteiger partial charge >= 0.3 is 0 Å². The van der Waals surface area contributed by atoms with E-state index >= 15 is 0 Å². The van der Waals surface area contributed by atoms with Crippen LogP contribution in [0.5, 0.6) is 0 Å². The number of benzene rings is 1. The van der Waals surface area contributed by atoms with Gasteiger partial charge in [-0.3, -0.25) is 9.69 Å². The lowest BCUT2D eigenvalue weighted by molar-refractivity contribution is 0.108. The summed E-state index contributed by atoms with van der Waals surface area (Å²) in [6, 6.07) is 3.57. The van der Waals surface area contributed by atoms with E-state index in [0.29, 0.717) is 5.56 Å². The molecule has 0 N–H and O–H groups in total. The minimum Gasteiger partial charge on any atom is -0.304 e. The molecule has 1 heterocycles. The molecule has 1 aliphatic heterocycles. The van der Waals surface area contributed by atoms with Gasteiger partial charge in [-0.15, -0.1) is 24.8 Å². The van der Waals surface area contributed by atoms with E-state index in [-0.39, 0.29) is 24.8 Å². The van der Waals surface area contributed by atoms with Gasteiger partial charge in [-0.25, -0.2) is 0 Å². The Labute approximate surface area is 159 Å². The number of piperazine rings is 1. The zero-order valence-electron chi connectivity index (χ0n) is 11.4. The molecule has 0 unspecified atom stereocenters. The Balaban J connectivity index is 0.00000200. The molecule has 8 heteroatoms. The van der Waals surface area contributed by atoms with Crippen LogP contribution < -0.4 is 0 Å². The number of halogens is 5. The van der Waals surface area contributed by atoms with Crippen molar-refractivity contribution in [1.82, 2.24) is 9.80 Å². The predicted octanol–water partition coefficient (Wildman–Crippen LogP) is 4.18. The number of hydrogen-bond acceptors (Lipinski definition) is 3. The largest absolute Gasteiger partial charge is 0.304 e. The monoisotopic (exact) mass is 480 g/mol. The molecule has 120 valence electrons. The third-order valence-corrected chi connectivity index (χ3v) is 4.98. The molecule has 0 bridgehead atoms. The SMILES string of the molecule is CN1CCN(Cc2c(Br)cc(C(=O)Cl)cc2Br)CC1.Cl.Cl. The van der Waals surface area contributed by atoms with Crippen LogP contribution in [0.4, 0.5) is 0 Å². The average molecular weight is 483 g/mol. The van der Waals surface area contributed by atoms with Gasteiger partial charge in [0.15, 0.2) is 0 Å². The van der Waals surface area contributed by atoms with E-state index in [0.717, 1.165) is 47.2 Å². The molecule has 1 fully saturated rings. The van der Waals surface area contributed by atoms with Crippen LogP contribution in [0.3, 0.4) is 0 Å². The lowest BCUT2D eigenvalue weighted by Crippen LogP contribution is -2.43. The molecular weight excluding hydrogens is 466 g/mol. The lowest BCUT2D eigenvalue weighted by atomic mass is 10.1. The summed E-state index contributed by atoms with van der Waals surface area (Å²) in [5.41, 5.74) is 1.66. The van der Waals surface area contributed by atoms with Crippen LogP contribution in [0.2, 0.25) is 0 Å². The molecule has 0 amide bonds. The minimum absolute atomic E-state index is 0. The first-order chi connectivity index (χ1) is 8.97. The summed E-state index contributed by atoms with van der Waals surface area (Å²) < 4.78 is 1.84. The highest BCUT2D eigenvalue weighted by Gasteiger charge is 2.17. The Kier molecular flexibility index (Phi) is 10.0. The van der Waals surface area contributed by atoms with Gasteiger partial charge < -0.3 is 4.90 Å². The van der Waals surface area contributed by atoms with Crippen molar-refractivity contribution in [2.24, 2.45) is 0 Å². The van der Waals surface area contributed by atoms with Crippen LogP contribution >= 0.6 is 68.3 Å². The topological polar surface area (TPSA) is 23.6 Å². The van der Waals surface area contributed by atoms with Gasteiger partial charge in [-0.2, -0.15) is 0 Å². The maximum atomic E-state index is 11.2. The average Bonchev–Trinajstić information content (AvgIpc) is 2.35. The van der Waals surface area contributed by atoms with Gasteiger partial charge in [0.1, 0.15) is 0 Å². The normalized spacial score (nSPS) is 16.0. The first-order valence-corrected chi connectivity index (χ1v) is 8.02. The second-order valence-corrected chi connectivity index (χ2v) is 6.82. The van der Waals surface area contributed by atoms with Gasteiger partial charge in [-0.05, 0) is 36.3 Å². The summed E-state index contributed by atoms with van der Waals surface area (Å²) >= 11 is 12.6. The van der Waals surface area contributed by atoms with Crippen molar-refractivity contribution in [3.05, 3.63) is 32.2 Å². The maximum Gasteiger partial charge on any atom is 0.252 e. The fourth-order valence-corrected chi connectivity index (χ4v) is 3.64. The quantitative estimate of drug-likeness (QED) is 0.603. The summed E-state index contributed by atoms with van der Waals surface area (Å²) in [5, 5.41) is -0.437. The molecule has 0 saturated carbocycles. The molecule has 2 rings (SSSR count). The molecule has 1 aromatic carbocycles. The van der Waals surface area contributed by atoms with E-state index in [4.69, 9.17) is 11.6 Å². The Hall–Kier alpha value is 0.640. The molecule has 21 heavy (non-hydrogen) atoms. The molecule has 1 saturated heterocycles. The molecule has 3 nitrogen and oxygen atoms in total. The van der Waals surface area contributed by atoms with Crippen LogP contribution in [0.1, 0.15) is 15.9 Å². The van der Waals surface area contributed by atoms with Crippen molar-refractivity contribution in [3.63, 3.8) is 0 Å². The van der Waals surface area contributed by atoms with Crippen LogP contribution in [0.25, 0.3) is 0 Å². The predicted molar refractivity (Wildman–Crippen MR) is 99.3 cm³/mol. The second-order valence-electron chi connectivity index (χ2n) is 4.77. The third kappa shape index (κ3) is 5.98. The number of rotatable bonds is 3. The van der Waals surface area contributed by atoms with Crippen molar-refractivity contribution < 1.29 is 4.79 Å². The smallest absolute Gasteiger partial charge is 0.252 e. The van der Waals surface area contributed by atoms with E-state index < -0.39 is 5.24 Å². The molecule has 0 spiro atoms. The zero-order valence-corrected chi connectivity index (χ0v) is 17.0. The van der Waals surface area contributed by atoms with Crippen LogP contribution in [0.15, 0.2) is 21.1 Å². The molecule has 1 aromatic rings. The summed E-state index contributed by atoms with van der Waals surface area (Å²) in [7, 11) is 2.14. The third-order valence-electron chi connectivity index (χ3n) is 3.35. The first-order valence-electron chi connectivity index (χ1n) is 6.06. The Morgan fingerprint density at radius 1 is 1.14 bits per heavy atom. The fourth-order valence-electron chi connectivity index (χ4n) is 2.10. The van der Waals surface area contributed by atoms with E-state index in [2.05, 4.69) is 48.7 Å². The highest BCUT2D eigenvalue weighted by Crippen LogP contribution is 2.29. The molecule has 0 radical (unpaired) electrons. The van der Waals surface area contributed by atoms with E-state index in [1.54, 1.807) is 12.1 Å². The van der Waals surface area contributed by atoms with Gasteiger partial charge in [0.05, 0.1) is 0 Å². The maximum absolute atomic E-state index is 11.2. The molecule has 1 aliphatic rings. The van der Waals surface area contributed by atoms with Gasteiger partial charge in [0.25, 0.3) is 5.24 Å². The van der Waals surface area contributed by atoms with Crippen LogP contribution in [-0.2, 0) is 6.54 Å². The van der Waals surface area contributed by atoms with Crippen molar-refractivity contribution in [2.45, 2.75) is 6.54 Å². The Bertz CT molecular complexity index is 471. The first kappa shape index (κ1) is 21.6. The van der Waals surface area contributed by atoms with Crippen molar-refractivity contribution in [1.29, 1.82) is 0 Å². The van der Waals surface area contributed by atoms with Crippen molar-refractivity contribution in [3.8, 4) is 0 Å². The van der Waals surface area contributed by atoms with Gasteiger partial charge in [0, 0.05) is 47.2 Å². The standard InChI is InChI=1S/C13H15Br2ClN2O.2ClH/c1-17-2-4-18(5-3-17)8-10-11(14)6-9(13(16)19)7-12(10)15;;/h6-7H,2-5,8H2,1H3;2*1H. The highest BCUT2D eigenvalue weighted by atomic mass is 79.9. The Morgan fingerprint density at radius 2 is 1.62 bits per heavy atom. The van der Waals surface area contributed by atoms with E-state index in [9.17, 15) is 4.79 Å². The molecular formula is C13H17Br2Cl3N2O. The number of likely N-dealkylation sites (N-methyl/N-ethyl adjacent to an activating group) is 1. The summed E-state index contributed by atoms with van der Waals surface area (Å²) in [5.74, 6) is 0. The molecule has 0 aromatic heterocycles. The highest BCUT2D eigenvalue weighted by molar-refractivity contribution is 9.11. The fraction of sp³-hybridized carbons (Fsp3) is 0.462. The van der Waals surface area contributed by atoms with Crippen molar-refractivity contribution >= 4 is 73.5 Å². The zero-order chi connectivity index (χ0) is 14.0. The van der Waals surface area contributed by atoms with Gasteiger partial charge in [0.2, 0.25) is 0 Å². The molecule has 0 atom stereocenters. The number of carbonyl (C=O) groups excluding carboxylic acids is 1. The summed E-state index contributed by atoms with van der Waals surface area (Å²) in [6.45, 7) is 5.17. The van der Waals surface area contributed by atoms with E-state index in [1.807, 2.05) is 0 Å². The van der Waals surface area contributed by atoms with Crippen LogP contribution in [-0.4, -0.2) is 48.3 Å². The van der Waals surface area contributed by atoms with Crippen molar-refractivity contribution in [2.75, 3.05) is 33.2 Å². The summed E-state index contributed by atoms with van der Waals surface area (Å²) in [4.78, 5) is 15.9. The lowest BCUT2D eigenvalue weighted by Gasteiger charge is -2.32. The van der Waals surface area contributed by atoms with E-state index in [1.165, 1.54) is 0 Å². The Morgan fingerprint density at radius 3 is 2.05 bits per heavy atom. The second kappa shape index (κ2) is 9.71. The van der Waals surface area contributed by atoms with Crippen LogP contribution in [0, 0.1) is 0 Å². The summed E-state index contributed by atoms with van der Waals surface area (Å²) in [6.07, 6.45) is 0. The van der Waals surface area contributed by atoms with Gasteiger partial charge in [-0.1, -0.05) is 31.9 Å². The molecule has 0 aliphatic carbocycles. The number of carbonyl (C=O) groups is 1. The number of hydrogen-bond donors (Lipinski definition) is 0.